The van der Waals surface area contributed by atoms with E-state index >= 15 is 0 Å². The van der Waals surface area contributed by atoms with Gasteiger partial charge in [-0.25, -0.2) is 9.59 Å². The molecule has 0 saturated carbocycles. The third kappa shape index (κ3) is 18.1. The van der Waals surface area contributed by atoms with Gasteiger partial charge in [-0.15, -0.1) is 0 Å². The number of hydrogen-bond donors (Lipinski definition) is 0. The first kappa shape index (κ1) is 32.7. The van der Waals surface area contributed by atoms with Crippen LogP contribution in [0.25, 0.3) is 0 Å². The summed E-state index contributed by atoms with van der Waals surface area (Å²) in [6.45, 7) is 6.98. The molecule has 0 bridgehead atoms. The molecule has 0 aliphatic carbocycles. The fourth-order valence-electron chi connectivity index (χ4n) is 4.21. The number of likely N-dealkylation sites (N-methyl/N-ethyl adjacent to an activating group) is 1. The van der Waals surface area contributed by atoms with E-state index in [0.717, 1.165) is 12.8 Å². The summed E-state index contributed by atoms with van der Waals surface area (Å²) >= 11 is 0. The lowest BCUT2D eigenvalue weighted by Crippen LogP contribution is -2.47. The van der Waals surface area contributed by atoms with Gasteiger partial charge in [0.05, 0.1) is 13.2 Å². The molecule has 34 heavy (non-hydrogen) atoms. The van der Waals surface area contributed by atoms with E-state index in [2.05, 4.69) is 6.92 Å². The van der Waals surface area contributed by atoms with E-state index in [1.165, 1.54) is 94.8 Å². The monoisotopic (exact) mass is 485 g/mol. The summed E-state index contributed by atoms with van der Waals surface area (Å²) in [6.07, 6.45) is 20.5. The maximum absolute atomic E-state index is 12.5. The molecule has 1 unspecified atom stereocenters. The highest BCUT2D eigenvalue weighted by Gasteiger charge is 2.32. The number of unbranched alkanes of at least 4 members (excludes halogenated alkanes) is 15. The first-order chi connectivity index (χ1) is 16.5. The van der Waals surface area contributed by atoms with Crippen molar-refractivity contribution < 1.29 is 23.8 Å². The summed E-state index contributed by atoms with van der Waals surface area (Å²) in [4.78, 5) is 26.0. The molecule has 0 spiro atoms. The number of ether oxygens (including phenoxy) is 3. The number of esters is 1. The van der Waals surface area contributed by atoms with Crippen LogP contribution in [0.15, 0.2) is 0 Å². The molecule has 6 heteroatoms. The van der Waals surface area contributed by atoms with Crippen LogP contribution in [0.1, 0.15) is 124 Å². The van der Waals surface area contributed by atoms with Crippen molar-refractivity contribution in [3.05, 3.63) is 0 Å². The zero-order valence-electron chi connectivity index (χ0n) is 23.1. The Kier molecular flexibility index (Phi) is 22.5. The summed E-state index contributed by atoms with van der Waals surface area (Å²) in [5, 5.41) is 0. The number of rotatable bonds is 23. The second-order valence-electron chi connectivity index (χ2n) is 9.88. The molecule has 0 aromatic rings. The van der Waals surface area contributed by atoms with Gasteiger partial charge in [-0.1, -0.05) is 117 Å². The van der Waals surface area contributed by atoms with Crippen molar-refractivity contribution in [3.63, 3.8) is 0 Å². The van der Waals surface area contributed by atoms with Crippen LogP contribution in [0.5, 0.6) is 0 Å². The molecular weight excluding hydrogens is 430 g/mol. The zero-order chi connectivity index (χ0) is 25.4. The number of hydrogen-bond acceptors (Lipinski definition) is 5. The fraction of sp³-hybridized carbons (Fsp3) is 0.929. The number of carbonyl (C=O) groups is 2. The van der Waals surface area contributed by atoms with E-state index in [1.54, 1.807) is 14.2 Å². The van der Waals surface area contributed by atoms with Crippen LogP contribution in [-0.2, 0) is 19.0 Å². The van der Waals surface area contributed by atoms with Crippen LogP contribution < -0.4 is 0 Å². The van der Waals surface area contributed by atoms with Gasteiger partial charge in [-0.3, -0.25) is 4.90 Å². The van der Waals surface area contributed by atoms with Gasteiger partial charge in [0.25, 0.3) is 0 Å². The van der Waals surface area contributed by atoms with Crippen LogP contribution in [0.2, 0.25) is 0 Å². The third-order valence-corrected chi connectivity index (χ3v) is 6.33. The predicted octanol–water partition coefficient (Wildman–Crippen LogP) is 7.53. The molecule has 0 aliphatic rings. The summed E-state index contributed by atoms with van der Waals surface area (Å²) in [7, 11) is 3.13. The minimum Gasteiger partial charge on any atom is -0.464 e. The second-order valence-corrected chi connectivity index (χ2v) is 9.88. The van der Waals surface area contributed by atoms with Crippen LogP contribution in [-0.4, -0.2) is 57.0 Å². The molecule has 0 heterocycles. The highest BCUT2D eigenvalue weighted by Crippen LogP contribution is 2.15. The highest BCUT2D eigenvalue weighted by molar-refractivity contribution is 5.81. The molecule has 0 rings (SSSR count). The van der Waals surface area contributed by atoms with Gasteiger partial charge >= 0.3 is 12.1 Å². The lowest BCUT2D eigenvalue weighted by molar-refractivity contribution is -0.150. The van der Waals surface area contributed by atoms with Gasteiger partial charge < -0.3 is 14.2 Å². The normalized spacial score (nSPS) is 12.1. The Balaban J connectivity index is 3.69. The summed E-state index contributed by atoms with van der Waals surface area (Å²) in [6, 6.07) is -0.642. The van der Waals surface area contributed by atoms with E-state index < -0.39 is 12.1 Å². The molecule has 202 valence electrons. The van der Waals surface area contributed by atoms with Gasteiger partial charge in [0.15, 0.2) is 0 Å². The predicted molar refractivity (Wildman–Crippen MR) is 140 cm³/mol. The molecule has 0 fully saturated rings. The number of methoxy groups -OCH3 is 1. The second kappa shape index (κ2) is 23.4. The molecular formula is C28H55NO5. The van der Waals surface area contributed by atoms with Crippen molar-refractivity contribution in [2.45, 2.75) is 130 Å². The van der Waals surface area contributed by atoms with Crippen molar-refractivity contribution in [2.75, 3.05) is 34.0 Å². The molecule has 0 saturated heterocycles. The van der Waals surface area contributed by atoms with Crippen LogP contribution in [0.3, 0.4) is 0 Å². The van der Waals surface area contributed by atoms with E-state index in [-0.39, 0.29) is 18.5 Å². The SMILES string of the molecule is CCCCCCCCCCCCCCCCCCOC(=O)C(C(C)C)N(C)C(=O)OCCOC. The molecule has 0 N–H and O–H groups in total. The van der Waals surface area contributed by atoms with Crippen molar-refractivity contribution in [3.8, 4) is 0 Å². The van der Waals surface area contributed by atoms with Gasteiger partial charge in [0.2, 0.25) is 0 Å². The molecule has 0 aliphatic heterocycles. The summed E-state index contributed by atoms with van der Waals surface area (Å²) in [5.74, 6) is -0.416. The van der Waals surface area contributed by atoms with Gasteiger partial charge in [0.1, 0.15) is 12.6 Å². The Morgan fingerprint density at radius 2 is 1.09 bits per heavy atom. The van der Waals surface area contributed by atoms with Crippen LogP contribution >= 0.6 is 0 Å². The molecule has 1 amide bonds. The zero-order valence-corrected chi connectivity index (χ0v) is 23.1. The Bertz CT molecular complexity index is 483. The maximum atomic E-state index is 12.5. The van der Waals surface area contributed by atoms with Crippen LogP contribution in [0.4, 0.5) is 4.79 Å². The van der Waals surface area contributed by atoms with Crippen molar-refractivity contribution in [1.29, 1.82) is 0 Å². The van der Waals surface area contributed by atoms with Crippen molar-refractivity contribution >= 4 is 12.1 Å². The lowest BCUT2D eigenvalue weighted by atomic mass is 10.0. The first-order valence-electron chi connectivity index (χ1n) is 14.0. The molecule has 0 radical (unpaired) electrons. The quantitative estimate of drug-likeness (QED) is 0.110. The molecule has 1 atom stereocenters. The largest absolute Gasteiger partial charge is 0.464 e. The van der Waals surface area contributed by atoms with Gasteiger partial charge in [0, 0.05) is 14.2 Å². The number of amides is 1. The molecule has 6 nitrogen and oxygen atoms in total. The van der Waals surface area contributed by atoms with Crippen LogP contribution in [0, 0.1) is 5.92 Å². The lowest BCUT2D eigenvalue weighted by Gasteiger charge is -2.28. The van der Waals surface area contributed by atoms with E-state index in [9.17, 15) is 9.59 Å². The Morgan fingerprint density at radius 1 is 0.647 bits per heavy atom. The summed E-state index contributed by atoms with van der Waals surface area (Å²) < 4.78 is 15.5. The smallest absolute Gasteiger partial charge is 0.410 e. The average molecular weight is 486 g/mol. The van der Waals surface area contributed by atoms with E-state index in [0.29, 0.717) is 13.2 Å². The van der Waals surface area contributed by atoms with Gasteiger partial charge in [-0.2, -0.15) is 0 Å². The first-order valence-corrected chi connectivity index (χ1v) is 14.0. The molecule has 0 aromatic heterocycles. The summed E-state index contributed by atoms with van der Waals surface area (Å²) in [5.41, 5.74) is 0. The Labute approximate surface area is 210 Å². The Hall–Kier alpha value is -1.30. The minimum atomic E-state index is -0.642. The van der Waals surface area contributed by atoms with E-state index in [1.807, 2.05) is 13.8 Å². The fourth-order valence-corrected chi connectivity index (χ4v) is 4.21. The Morgan fingerprint density at radius 3 is 1.50 bits per heavy atom. The topological polar surface area (TPSA) is 65.1 Å². The molecule has 0 aromatic carbocycles. The maximum Gasteiger partial charge on any atom is 0.410 e. The average Bonchev–Trinajstić information content (AvgIpc) is 2.81. The highest BCUT2D eigenvalue weighted by atomic mass is 16.6. The third-order valence-electron chi connectivity index (χ3n) is 6.33. The van der Waals surface area contributed by atoms with Crippen molar-refractivity contribution in [1.82, 2.24) is 4.90 Å². The minimum absolute atomic E-state index is 0.0572. The standard InChI is InChI=1S/C28H55NO5/c1-6-7-8-9-10-11-12-13-14-15-16-17-18-19-20-21-22-33-27(30)26(25(2)3)29(4)28(31)34-24-23-32-5/h25-26H,6-24H2,1-5H3. The van der Waals surface area contributed by atoms with E-state index in [4.69, 9.17) is 14.2 Å². The van der Waals surface area contributed by atoms with Gasteiger partial charge in [-0.05, 0) is 12.3 Å². The van der Waals surface area contributed by atoms with Crippen molar-refractivity contribution in [2.24, 2.45) is 5.92 Å². The number of carbonyl (C=O) groups excluding carboxylic acids is 2. The number of nitrogens with zero attached hydrogens (tertiary/aromatic N) is 1.